The van der Waals surface area contributed by atoms with E-state index in [0.717, 1.165) is 16.5 Å². The van der Waals surface area contributed by atoms with Crippen LogP contribution < -0.4 is 4.74 Å². The third-order valence-electron chi connectivity index (χ3n) is 3.32. The van der Waals surface area contributed by atoms with Crippen LogP contribution >= 0.6 is 0 Å². The van der Waals surface area contributed by atoms with Gasteiger partial charge in [0.25, 0.3) is 0 Å². The Kier molecular flexibility index (Phi) is 2.81. The van der Waals surface area contributed by atoms with Crippen molar-refractivity contribution in [1.82, 2.24) is 4.98 Å². The van der Waals surface area contributed by atoms with Crippen molar-refractivity contribution in [3.63, 3.8) is 0 Å². The number of ether oxygens (including phenoxy) is 1. The summed E-state index contributed by atoms with van der Waals surface area (Å²) in [6.07, 6.45) is 1.82. The number of para-hydroxylation sites is 1. The van der Waals surface area contributed by atoms with Crippen molar-refractivity contribution in [3.05, 3.63) is 48.2 Å². The number of hydrogen-bond donors (Lipinski definition) is 2. The fourth-order valence-corrected chi connectivity index (χ4v) is 2.42. The van der Waals surface area contributed by atoms with Gasteiger partial charge in [0.05, 0.1) is 18.7 Å². The zero-order valence-electron chi connectivity index (χ0n) is 10.8. The SMILES string of the molecule is COc1c(O)ccc(C#N)c1-c1c[nH]c2ccccc12. The van der Waals surface area contributed by atoms with Crippen molar-refractivity contribution in [1.29, 1.82) is 5.26 Å². The molecule has 20 heavy (non-hydrogen) atoms. The lowest BCUT2D eigenvalue weighted by atomic mass is 9.98. The molecule has 0 aliphatic rings. The predicted molar refractivity (Wildman–Crippen MR) is 76.7 cm³/mol. The smallest absolute Gasteiger partial charge is 0.169 e. The Bertz CT molecular complexity index is 828. The van der Waals surface area contributed by atoms with Crippen LogP contribution in [-0.2, 0) is 0 Å². The Morgan fingerprint density at radius 2 is 2.00 bits per heavy atom. The van der Waals surface area contributed by atoms with Gasteiger partial charge in [-0.1, -0.05) is 18.2 Å². The summed E-state index contributed by atoms with van der Waals surface area (Å²) in [4.78, 5) is 3.16. The van der Waals surface area contributed by atoms with Gasteiger partial charge in [-0.3, -0.25) is 0 Å². The van der Waals surface area contributed by atoms with Gasteiger partial charge in [0, 0.05) is 28.2 Å². The number of phenols is 1. The van der Waals surface area contributed by atoms with Crippen molar-refractivity contribution in [2.45, 2.75) is 0 Å². The lowest BCUT2D eigenvalue weighted by Crippen LogP contribution is -1.92. The van der Waals surface area contributed by atoms with Crippen LogP contribution in [0.5, 0.6) is 11.5 Å². The first kappa shape index (κ1) is 12.1. The molecule has 2 aromatic carbocycles. The van der Waals surface area contributed by atoms with Gasteiger partial charge >= 0.3 is 0 Å². The maximum atomic E-state index is 9.94. The van der Waals surface area contributed by atoms with Crippen LogP contribution in [-0.4, -0.2) is 17.2 Å². The molecule has 0 saturated heterocycles. The Morgan fingerprint density at radius 1 is 1.20 bits per heavy atom. The zero-order valence-corrected chi connectivity index (χ0v) is 10.8. The number of aromatic hydroxyl groups is 1. The van der Waals surface area contributed by atoms with E-state index in [1.807, 2.05) is 30.5 Å². The molecule has 1 heterocycles. The summed E-state index contributed by atoms with van der Waals surface area (Å²) >= 11 is 0. The first-order valence-electron chi connectivity index (χ1n) is 6.12. The Labute approximate surface area is 115 Å². The van der Waals surface area contributed by atoms with Gasteiger partial charge < -0.3 is 14.8 Å². The molecule has 0 aliphatic carbocycles. The third-order valence-corrected chi connectivity index (χ3v) is 3.32. The van der Waals surface area contributed by atoms with Crippen LogP contribution in [0, 0.1) is 11.3 Å². The predicted octanol–water partition coefficient (Wildman–Crippen LogP) is 3.42. The number of aromatic nitrogens is 1. The molecule has 0 atom stereocenters. The molecular formula is C16H12N2O2. The van der Waals surface area contributed by atoms with Crippen LogP contribution in [0.25, 0.3) is 22.0 Å². The molecular weight excluding hydrogens is 252 g/mol. The third kappa shape index (κ3) is 1.69. The maximum Gasteiger partial charge on any atom is 0.169 e. The van der Waals surface area contributed by atoms with Gasteiger partial charge in [-0.15, -0.1) is 0 Å². The van der Waals surface area contributed by atoms with Gasteiger partial charge in [0.1, 0.15) is 0 Å². The second-order valence-electron chi connectivity index (χ2n) is 4.40. The van der Waals surface area contributed by atoms with Gasteiger partial charge in [-0.2, -0.15) is 5.26 Å². The molecule has 2 N–H and O–H groups in total. The van der Waals surface area contributed by atoms with Crippen LogP contribution in [0.15, 0.2) is 42.6 Å². The average molecular weight is 264 g/mol. The highest BCUT2D eigenvalue weighted by molar-refractivity contribution is 5.99. The molecule has 4 heteroatoms. The molecule has 0 bridgehead atoms. The molecule has 0 radical (unpaired) electrons. The molecule has 0 aliphatic heterocycles. The fraction of sp³-hybridized carbons (Fsp3) is 0.0625. The van der Waals surface area contributed by atoms with Gasteiger partial charge in [-0.25, -0.2) is 0 Å². The minimum atomic E-state index is 0.0202. The lowest BCUT2D eigenvalue weighted by molar-refractivity contribution is 0.375. The molecule has 98 valence electrons. The van der Waals surface area contributed by atoms with E-state index in [1.54, 1.807) is 6.07 Å². The number of nitrogens with zero attached hydrogens (tertiary/aromatic N) is 1. The monoisotopic (exact) mass is 264 g/mol. The fourth-order valence-electron chi connectivity index (χ4n) is 2.42. The van der Waals surface area contributed by atoms with Crippen molar-refractivity contribution < 1.29 is 9.84 Å². The molecule has 4 nitrogen and oxygen atoms in total. The van der Waals surface area contributed by atoms with E-state index in [1.165, 1.54) is 13.2 Å². The van der Waals surface area contributed by atoms with E-state index in [4.69, 9.17) is 4.74 Å². The number of hydrogen-bond acceptors (Lipinski definition) is 3. The second-order valence-corrected chi connectivity index (χ2v) is 4.40. The summed E-state index contributed by atoms with van der Waals surface area (Å²) in [6, 6.07) is 13.0. The zero-order chi connectivity index (χ0) is 14.1. The number of H-pyrrole nitrogens is 1. The van der Waals surface area contributed by atoms with Gasteiger partial charge in [0.2, 0.25) is 0 Å². The molecule has 0 saturated carbocycles. The summed E-state index contributed by atoms with van der Waals surface area (Å²) in [5, 5.41) is 20.2. The van der Waals surface area contributed by atoms with Crippen LogP contribution in [0.3, 0.4) is 0 Å². The number of phenolic OH excluding ortho intramolecular Hbond substituents is 1. The van der Waals surface area contributed by atoms with Gasteiger partial charge in [0.15, 0.2) is 11.5 Å². The first-order valence-corrected chi connectivity index (χ1v) is 6.12. The highest BCUT2D eigenvalue weighted by atomic mass is 16.5. The quantitative estimate of drug-likeness (QED) is 0.745. The maximum absolute atomic E-state index is 9.94. The average Bonchev–Trinajstić information content (AvgIpc) is 2.90. The standard InChI is InChI=1S/C16H12N2O2/c1-20-16-14(19)7-6-10(8-17)15(16)12-9-18-13-5-3-2-4-11(12)13/h2-7,9,18-19H,1H3. The molecule has 1 aromatic heterocycles. The molecule has 0 fully saturated rings. The van der Waals surface area contributed by atoms with E-state index >= 15 is 0 Å². The largest absolute Gasteiger partial charge is 0.504 e. The number of benzene rings is 2. The topological polar surface area (TPSA) is 69.0 Å². The van der Waals surface area contributed by atoms with E-state index in [9.17, 15) is 10.4 Å². The van der Waals surface area contributed by atoms with E-state index in [0.29, 0.717) is 16.9 Å². The number of aromatic amines is 1. The summed E-state index contributed by atoms with van der Waals surface area (Å²) in [6.45, 7) is 0. The second kappa shape index (κ2) is 4.63. The van der Waals surface area contributed by atoms with Crippen LogP contribution in [0.1, 0.15) is 5.56 Å². The minimum absolute atomic E-state index is 0.0202. The molecule has 0 spiro atoms. The summed E-state index contributed by atoms with van der Waals surface area (Å²) in [5.74, 6) is 0.334. The number of methoxy groups -OCH3 is 1. The summed E-state index contributed by atoms with van der Waals surface area (Å²) in [5.41, 5.74) is 2.87. The normalized spacial score (nSPS) is 10.4. The molecule has 0 amide bonds. The number of nitrogens with one attached hydrogen (secondary N) is 1. The van der Waals surface area contributed by atoms with Crippen LogP contribution in [0.4, 0.5) is 0 Å². The first-order chi connectivity index (χ1) is 9.76. The van der Waals surface area contributed by atoms with Gasteiger partial charge in [-0.05, 0) is 18.2 Å². The summed E-state index contributed by atoms with van der Waals surface area (Å²) < 4.78 is 5.28. The van der Waals surface area contributed by atoms with Crippen molar-refractivity contribution in [2.24, 2.45) is 0 Å². The highest BCUT2D eigenvalue weighted by Gasteiger charge is 2.18. The highest BCUT2D eigenvalue weighted by Crippen LogP contribution is 2.42. The Balaban J connectivity index is 2.39. The Hall–Kier alpha value is -2.93. The van der Waals surface area contributed by atoms with Crippen molar-refractivity contribution in [2.75, 3.05) is 7.11 Å². The molecule has 3 aromatic rings. The number of rotatable bonds is 2. The van der Waals surface area contributed by atoms with E-state index < -0.39 is 0 Å². The van der Waals surface area contributed by atoms with E-state index in [-0.39, 0.29) is 5.75 Å². The van der Waals surface area contributed by atoms with Crippen molar-refractivity contribution in [3.8, 4) is 28.7 Å². The molecule has 0 unspecified atom stereocenters. The van der Waals surface area contributed by atoms with Crippen LogP contribution in [0.2, 0.25) is 0 Å². The number of nitriles is 1. The summed E-state index contributed by atoms with van der Waals surface area (Å²) in [7, 11) is 1.48. The van der Waals surface area contributed by atoms with E-state index in [2.05, 4.69) is 11.1 Å². The Morgan fingerprint density at radius 3 is 2.75 bits per heavy atom. The number of fused-ring (bicyclic) bond motifs is 1. The molecule has 3 rings (SSSR count). The van der Waals surface area contributed by atoms with Crippen molar-refractivity contribution >= 4 is 10.9 Å². The lowest BCUT2D eigenvalue weighted by Gasteiger charge is -2.11. The minimum Gasteiger partial charge on any atom is -0.504 e.